The second-order valence-electron chi connectivity index (χ2n) is 10.8. The maximum Gasteiger partial charge on any atom is 0.271 e. The first-order chi connectivity index (χ1) is 21.7. The highest BCUT2D eigenvalue weighted by molar-refractivity contribution is 7.07. The minimum Gasteiger partial charge on any atom is -0.496 e. The average Bonchev–Trinajstić information content (AvgIpc) is 3.54. The molecular weight excluding hydrogens is 627 g/mol. The van der Waals surface area contributed by atoms with Gasteiger partial charge in [-0.3, -0.25) is 14.2 Å². The molecule has 0 bridgehead atoms. The Morgan fingerprint density at radius 2 is 1.80 bits per heavy atom. The number of carbonyl (C=O) groups excluding carboxylic acids is 1. The van der Waals surface area contributed by atoms with E-state index < -0.39 is 6.04 Å². The Morgan fingerprint density at radius 1 is 1.07 bits per heavy atom. The standard InChI is InChI=1S/C35H32Cl2N4O3S/c1-5-39(6-2)34(43)31-21(3)38-35-41(32(31)26-12-8-10-14-29(26)44-4)33(42)30(45-35)17-23-20-40(28-13-9-7-11-25(23)28)19-22-15-16-24(36)18-27(22)37/h7-18,20,32H,5-6,19H2,1-4H3/b30-17+/t32-/m1/s1. The van der Waals surface area contributed by atoms with Gasteiger partial charge in [-0.25, -0.2) is 4.99 Å². The number of methoxy groups -OCH3 is 1. The summed E-state index contributed by atoms with van der Waals surface area (Å²) in [4.78, 5) is 35.4. The zero-order valence-corrected chi connectivity index (χ0v) is 27.7. The largest absolute Gasteiger partial charge is 0.496 e. The van der Waals surface area contributed by atoms with Crippen LogP contribution in [0.2, 0.25) is 10.0 Å². The number of amides is 1. The second-order valence-corrected chi connectivity index (χ2v) is 12.6. The van der Waals surface area contributed by atoms with E-state index in [1.165, 1.54) is 11.3 Å². The third-order valence-electron chi connectivity index (χ3n) is 8.20. The number of hydrogen-bond acceptors (Lipinski definition) is 5. The van der Waals surface area contributed by atoms with Gasteiger partial charge < -0.3 is 14.2 Å². The summed E-state index contributed by atoms with van der Waals surface area (Å²) >= 11 is 14.0. The quantitative estimate of drug-likeness (QED) is 0.193. The van der Waals surface area contributed by atoms with Crippen molar-refractivity contribution in [2.24, 2.45) is 4.99 Å². The molecule has 1 aliphatic heterocycles. The number of ether oxygens (including phenoxy) is 1. The highest BCUT2D eigenvalue weighted by Gasteiger charge is 2.35. The summed E-state index contributed by atoms with van der Waals surface area (Å²) in [6.07, 6.45) is 3.95. The van der Waals surface area contributed by atoms with Gasteiger partial charge in [0, 0.05) is 57.9 Å². The van der Waals surface area contributed by atoms with Gasteiger partial charge in [0.1, 0.15) is 11.8 Å². The summed E-state index contributed by atoms with van der Waals surface area (Å²) < 4.78 is 10.0. The van der Waals surface area contributed by atoms with Crippen LogP contribution in [0.5, 0.6) is 5.75 Å². The Hall–Kier alpha value is -4.11. The van der Waals surface area contributed by atoms with Crippen LogP contribution in [0.1, 0.15) is 43.5 Å². The molecule has 0 saturated heterocycles. The van der Waals surface area contributed by atoms with Crippen LogP contribution in [0, 0.1) is 0 Å². The van der Waals surface area contributed by atoms with Gasteiger partial charge in [-0.2, -0.15) is 0 Å². The molecule has 2 aromatic heterocycles. The molecule has 1 atom stereocenters. The first-order valence-electron chi connectivity index (χ1n) is 14.7. The normalized spacial score (nSPS) is 14.9. The van der Waals surface area contributed by atoms with Crippen molar-refractivity contribution in [3.05, 3.63) is 131 Å². The van der Waals surface area contributed by atoms with Crippen molar-refractivity contribution in [3.63, 3.8) is 0 Å². The molecule has 6 rings (SSSR count). The minimum atomic E-state index is -0.693. The lowest BCUT2D eigenvalue weighted by atomic mass is 9.94. The fourth-order valence-electron chi connectivity index (χ4n) is 5.96. The van der Waals surface area contributed by atoms with Gasteiger partial charge in [-0.15, -0.1) is 0 Å². The average molecular weight is 660 g/mol. The molecule has 5 aromatic rings. The number of para-hydroxylation sites is 2. The number of thiazole rings is 1. The Kier molecular flexibility index (Phi) is 8.73. The van der Waals surface area contributed by atoms with Gasteiger partial charge in [0.25, 0.3) is 11.5 Å². The van der Waals surface area contributed by atoms with Crippen molar-refractivity contribution < 1.29 is 9.53 Å². The zero-order chi connectivity index (χ0) is 31.8. The van der Waals surface area contributed by atoms with E-state index in [1.807, 2.05) is 93.7 Å². The highest BCUT2D eigenvalue weighted by Crippen LogP contribution is 2.36. The van der Waals surface area contributed by atoms with Gasteiger partial charge in [-0.1, -0.05) is 77.0 Å². The van der Waals surface area contributed by atoms with Gasteiger partial charge in [0.2, 0.25) is 0 Å². The third kappa shape index (κ3) is 5.63. The monoisotopic (exact) mass is 658 g/mol. The van der Waals surface area contributed by atoms with Gasteiger partial charge >= 0.3 is 0 Å². The number of likely N-dealkylation sites (N-methyl/N-ethyl adjacent to an activating group) is 1. The molecule has 0 aliphatic carbocycles. The molecule has 0 fully saturated rings. The molecule has 230 valence electrons. The van der Waals surface area contributed by atoms with Crippen molar-refractivity contribution in [2.75, 3.05) is 20.2 Å². The lowest BCUT2D eigenvalue weighted by Crippen LogP contribution is -2.43. The summed E-state index contributed by atoms with van der Waals surface area (Å²) in [6.45, 7) is 7.35. The number of benzene rings is 3. The molecule has 1 aliphatic rings. The van der Waals surface area contributed by atoms with E-state index in [0.717, 1.165) is 27.6 Å². The predicted molar refractivity (Wildman–Crippen MR) is 182 cm³/mol. The van der Waals surface area contributed by atoms with E-state index >= 15 is 0 Å². The lowest BCUT2D eigenvalue weighted by Gasteiger charge is -2.29. The summed E-state index contributed by atoms with van der Waals surface area (Å²) in [6, 6.07) is 20.4. The number of nitrogens with zero attached hydrogens (tertiary/aromatic N) is 4. The number of hydrogen-bond donors (Lipinski definition) is 0. The van der Waals surface area contributed by atoms with Gasteiger partial charge in [0.05, 0.1) is 22.9 Å². The molecule has 0 spiro atoms. The van der Waals surface area contributed by atoms with Crippen molar-refractivity contribution in [2.45, 2.75) is 33.4 Å². The number of carbonyl (C=O) groups is 1. The second kappa shape index (κ2) is 12.7. The van der Waals surface area contributed by atoms with Crippen LogP contribution >= 0.6 is 34.5 Å². The van der Waals surface area contributed by atoms with E-state index in [2.05, 4.69) is 4.57 Å². The molecule has 45 heavy (non-hydrogen) atoms. The molecule has 0 saturated carbocycles. The van der Waals surface area contributed by atoms with Crippen LogP contribution in [-0.4, -0.2) is 40.1 Å². The molecule has 0 radical (unpaired) electrons. The molecule has 7 nitrogen and oxygen atoms in total. The van der Waals surface area contributed by atoms with Crippen LogP contribution in [0.15, 0.2) is 94.0 Å². The SMILES string of the molecule is CCN(CC)C(=O)C1=C(C)N=c2s/c(=C/c3cn(Cc4ccc(Cl)cc4Cl)c4ccccc34)c(=O)n2[C@@H]1c1ccccc1OC. The predicted octanol–water partition coefficient (Wildman–Crippen LogP) is 6.42. The zero-order valence-electron chi connectivity index (χ0n) is 25.4. The molecular formula is C35H32Cl2N4O3S. The summed E-state index contributed by atoms with van der Waals surface area (Å²) in [5.74, 6) is 0.455. The maximum atomic E-state index is 14.4. The Labute approximate surface area is 274 Å². The fourth-order valence-corrected chi connectivity index (χ4v) is 7.46. The van der Waals surface area contributed by atoms with Crippen LogP contribution in [0.25, 0.3) is 17.0 Å². The van der Waals surface area contributed by atoms with E-state index in [-0.39, 0.29) is 11.5 Å². The molecule has 3 heterocycles. The first-order valence-corrected chi connectivity index (χ1v) is 16.3. The van der Waals surface area contributed by atoms with E-state index in [1.54, 1.807) is 22.6 Å². The van der Waals surface area contributed by atoms with Crippen LogP contribution in [0.3, 0.4) is 0 Å². The molecule has 10 heteroatoms. The van der Waals surface area contributed by atoms with Crippen molar-refractivity contribution in [3.8, 4) is 5.75 Å². The van der Waals surface area contributed by atoms with Gasteiger partial charge in [0.15, 0.2) is 4.80 Å². The number of halogens is 2. The van der Waals surface area contributed by atoms with Crippen molar-refractivity contribution >= 4 is 57.4 Å². The van der Waals surface area contributed by atoms with Crippen molar-refractivity contribution in [1.82, 2.24) is 14.0 Å². The Morgan fingerprint density at radius 3 is 2.53 bits per heavy atom. The minimum absolute atomic E-state index is 0.143. The van der Waals surface area contributed by atoms with E-state index in [0.29, 0.717) is 56.0 Å². The number of allylic oxidation sites excluding steroid dienone is 1. The number of fused-ring (bicyclic) bond motifs is 2. The summed E-state index contributed by atoms with van der Waals surface area (Å²) in [5.41, 5.74) is 4.41. The topological polar surface area (TPSA) is 68.8 Å². The Balaban J connectivity index is 1.53. The fraction of sp³-hybridized carbons (Fsp3) is 0.229. The Bertz CT molecular complexity index is 2160. The third-order valence-corrected chi connectivity index (χ3v) is 9.77. The summed E-state index contributed by atoms with van der Waals surface area (Å²) in [5, 5.41) is 2.18. The molecule has 0 N–H and O–H groups in total. The van der Waals surface area contributed by atoms with Gasteiger partial charge in [-0.05, 0) is 56.7 Å². The molecule has 1 amide bonds. The van der Waals surface area contributed by atoms with E-state index in [9.17, 15) is 9.59 Å². The number of aromatic nitrogens is 2. The highest BCUT2D eigenvalue weighted by atomic mass is 35.5. The smallest absolute Gasteiger partial charge is 0.271 e. The van der Waals surface area contributed by atoms with Crippen LogP contribution < -0.4 is 19.6 Å². The lowest BCUT2D eigenvalue weighted by molar-refractivity contribution is -0.127. The summed E-state index contributed by atoms with van der Waals surface area (Å²) in [7, 11) is 1.60. The van der Waals surface area contributed by atoms with Crippen molar-refractivity contribution in [1.29, 1.82) is 0 Å². The van der Waals surface area contributed by atoms with Crippen LogP contribution in [0.4, 0.5) is 0 Å². The number of rotatable bonds is 8. The first kappa shape index (κ1) is 30.9. The maximum absolute atomic E-state index is 14.4. The van der Waals surface area contributed by atoms with Crippen LogP contribution in [-0.2, 0) is 11.3 Å². The molecule has 0 unspecified atom stereocenters. The molecule has 3 aromatic carbocycles. The van der Waals surface area contributed by atoms with E-state index in [4.69, 9.17) is 32.9 Å².